The molecule has 1 aromatic heterocycles. The lowest BCUT2D eigenvalue weighted by molar-refractivity contribution is 0.0519. The van der Waals surface area contributed by atoms with Crippen LogP contribution in [0, 0.1) is 5.92 Å². The van der Waals surface area contributed by atoms with Crippen molar-refractivity contribution in [3.05, 3.63) is 12.0 Å². The van der Waals surface area contributed by atoms with Crippen LogP contribution in [0.4, 0.5) is 6.01 Å². The van der Waals surface area contributed by atoms with Gasteiger partial charge in [0.25, 0.3) is 6.01 Å². The molecule has 1 aliphatic heterocycles. The Morgan fingerprint density at radius 1 is 1.50 bits per heavy atom. The number of nitrogens with zero attached hydrogens (tertiary/aromatic N) is 2. The predicted octanol–water partition coefficient (Wildman–Crippen LogP) is 2.00. The number of piperidine rings is 1. The number of hydrogen-bond acceptors (Lipinski definition) is 6. The quantitative estimate of drug-likeness (QED) is 0.804. The van der Waals surface area contributed by atoms with E-state index < -0.39 is 5.97 Å². The van der Waals surface area contributed by atoms with Gasteiger partial charge in [-0.25, -0.2) is 4.79 Å². The third kappa shape index (κ3) is 3.96. The summed E-state index contributed by atoms with van der Waals surface area (Å²) in [7, 11) is 0. The van der Waals surface area contributed by atoms with E-state index in [1.165, 1.54) is 19.1 Å². The molecule has 0 radical (unpaired) electrons. The first kappa shape index (κ1) is 14.8. The van der Waals surface area contributed by atoms with Crippen molar-refractivity contribution in [2.24, 2.45) is 5.92 Å². The molecule has 1 aromatic rings. The standard InChI is InChI=1S/C14H23N3O3/c1-3-17-7-5-11(6-8-17)9-15-14-16-12(10-20-14)13(18)19-4-2/h10-11H,3-9H2,1-2H3,(H,15,16). The van der Waals surface area contributed by atoms with E-state index in [4.69, 9.17) is 9.15 Å². The van der Waals surface area contributed by atoms with Crippen molar-refractivity contribution in [2.45, 2.75) is 26.7 Å². The van der Waals surface area contributed by atoms with Crippen LogP contribution in [0.5, 0.6) is 0 Å². The minimum atomic E-state index is -0.444. The van der Waals surface area contributed by atoms with Crippen LogP contribution in [0.15, 0.2) is 10.7 Å². The van der Waals surface area contributed by atoms with Crippen LogP contribution in [-0.4, -0.2) is 48.6 Å². The average molecular weight is 281 g/mol. The normalized spacial score (nSPS) is 17.1. The third-order valence-corrected chi connectivity index (χ3v) is 3.69. The Kier molecular flexibility index (Phi) is 5.40. The number of oxazole rings is 1. The van der Waals surface area contributed by atoms with E-state index >= 15 is 0 Å². The summed E-state index contributed by atoms with van der Waals surface area (Å²) < 4.78 is 10.1. The van der Waals surface area contributed by atoms with E-state index in [1.54, 1.807) is 6.92 Å². The highest BCUT2D eigenvalue weighted by atomic mass is 16.5. The molecule has 2 rings (SSSR count). The van der Waals surface area contributed by atoms with Crippen LogP contribution in [0.25, 0.3) is 0 Å². The molecule has 0 bridgehead atoms. The Balaban J connectivity index is 1.76. The van der Waals surface area contributed by atoms with Crippen molar-refractivity contribution in [1.82, 2.24) is 9.88 Å². The average Bonchev–Trinajstić information content (AvgIpc) is 2.95. The summed E-state index contributed by atoms with van der Waals surface area (Å²) in [5, 5.41) is 3.16. The molecular weight excluding hydrogens is 258 g/mol. The topological polar surface area (TPSA) is 67.6 Å². The van der Waals surface area contributed by atoms with Crippen molar-refractivity contribution in [2.75, 3.05) is 38.1 Å². The van der Waals surface area contributed by atoms with Crippen LogP contribution >= 0.6 is 0 Å². The zero-order chi connectivity index (χ0) is 14.4. The number of aromatic nitrogens is 1. The van der Waals surface area contributed by atoms with E-state index in [-0.39, 0.29) is 5.69 Å². The fourth-order valence-electron chi connectivity index (χ4n) is 2.39. The van der Waals surface area contributed by atoms with Gasteiger partial charge in [-0.1, -0.05) is 6.92 Å². The molecule has 112 valence electrons. The Labute approximate surface area is 119 Å². The molecule has 0 amide bonds. The first-order valence-corrected chi connectivity index (χ1v) is 7.31. The number of nitrogens with one attached hydrogen (secondary N) is 1. The summed E-state index contributed by atoms with van der Waals surface area (Å²) in [5.41, 5.74) is 0.218. The molecule has 20 heavy (non-hydrogen) atoms. The number of ether oxygens (including phenoxy) is 1. The number of likely N-dealkylation sites (tertiary alicyclic amines) is 1. The number of rotatable bonds is 6. The first-order chi connectivity index (χ1) is 9.72. The molecule has 0 unspecified atom stereocenters. The van der Waals surface area contributed by atoms with Crippen LogP contribution in [0.2, 0.25) is 0 Å². The van der Waals surface area contributed by atoms with Gasteiger partial charge in [0.1, 0.15) is 6.26 Å². The third-order valence-electron chi connectivity index (χ3n) is 3.69. The highest BCUT2D eigenvalue weighted by molar-refractivity contribution is 5.87. The molecule has 1 N–H and O–H groups in total. The number of anilines is 1. The van der Waals surface area contributed by atoms with Gasteiger partial charge in [0.2, 0.25) is 0 Å². The second-order valence-corrected chi connectivity index (χ2v) is 5.02. The van der Waals surface area contributed by atoms with Crippen molar-refractivity contribution >= 4 is 12.0 Å². The zero-order valence-electron chi connectivity index (χ0n) is 12.2. The summed E-state index contributed by atoms with van der Waals surface area (Å²) in [4.78, 5) is 18.0. The van der Waals surface area contributed by atoms with Crippen molar-refractivity contribution in [3.8, 4) is 0 Å². The number of esters is 1. The Morgan fingerprint density at radius 3 is 2.90 bits per heavy atom. The van der Waals surface area contributed by atoms with E-state index in [0.29, 0.717) is 18.5 Å². The summed E-state index contributed by atoms with van der Waals surface area (Å²) in [6, 6.07) is 0.394. The summed E-state index contributed by atoms with van der Waals surface area (Å²) >= 11 is 0. The van der Waals surface area contributed by atoms with Gasteiger partial charge in [-0.15, -0.1) is 0 Å². The molecule has 0 spiro atoms. The maximum absolute atomic E-state index is 11.5. The summed E-state index contributed by atoms with van der Waals surface area (Å²) in [5.74, 6) is 0.191. The maximum Gasteiger partial charge on any atom is 0.360 e. The first-order valence-electron chi connectivity index (χ1n) is 7.31. The predicted molar refractivity (Wildman–Crippen MR) is 75.8 cm³/mol. The molecule has 1 saturated heterocycles. The fraction of sp³-hybridized carbons (Fsp3) is 0.714. The van der Waals surface area contributed by atoms with Gasteiger partial charge < -0.3 is 19.4 Å². The SMILES string of the molecule is CCOC(=O)c1coc(NCC2CCN(CC)CC2)n1. The van der Waals surface area contributed by atoms with Gasteiger partial charge >= 0.3 is 5.97 Å². The zero-order valence-corrected chi connectivity index (χ0v) is 12.2. The molecule has 0 saturated carbocycles. The molecular formula is C14H23N3O3. The molecule has 1 fully saturated rings. The van der Waals surface area contributed by atoms with Crippen molar-refractivity contribution in [1.29, 1.82) is 0 Å². The molecule has 0 atom stereocenters. The lowest BCUT2D eigenvalue weighted by Crippen LogP contribution is -2.35. The Bertz CT molecular complexity index is 425. The molecule has 2 heterocycles. The minimum Gasteiger partial charge on any atom is -0.461 e. The Morgan fingerprint density at radius 2 is 2.25 bits per heavy atom. The summed E-state index contributed by atoms with van der Waals surface area (Å²) in [6.45, 7) is 8.57. The van der Waals surface area contributed by atoms with Crippen molar-refractivity contribution in [3.63, 3.8) is 0 Å². The van der Waals surface area contributed by atoms with Gasteiger partial charge in [0, 0.05) is 6.54 Å². The number of carbonyl (C=O) groups excluding carboxylic acids is 1. The van der Waals surface area contributed by atoms with E-state index in [0.717, 1.165) is 26.2 Å². The van der Waals surface area contributed by atoms with Crippen LogP contribution in [0.3, 0.4) is 0 Å². The number of hydrogen-bond donors (Lipinski definition) is 1. The van der Waals surface area contributed by atoms with Gasteiger partial charge in [-0.05, 0) is 45.3 Å². The monoisotopic (exact) mass is 281 g/mol. The van der Waals surface area contributed by atoms with Crippen LogP contribution in [0.1, 0.15) is 37.2 Å². The molecule has 6 nitrogen and oxygen atoms in total. The van der Waals surface area contributed by atoms with Crippen molar-refractivity contribution < 1.29 is 13.9 Å². The molecule has 0 aliphatic carbocycles. The minimum absolute atomic E-state index is 0.218. The second-order valence-electron chi connectivity index (χ2n) is 5.02. The molecule has 0 aromatic carbocycles. The lowest BCUT2D eigenvalue weighted by atomic mass is 9.97. The Hall–Kier alpha value is -1.56. The van der Waals surface area contributed by atoms with Crippen LogP contribution in [-0.2, 0) is 4.74 Å². The highest BCUT2D eigenvalue weighted by Crippen LogP contribution is 2.18. The largest absolute Gasteiger partial charge is 0.461 e. The van der Waals surface area contributed by atoms with Gasteiger partial charge in [0.05, 0.1) is 6.61 Å². The lowest BCUT2D eigenvalue weighted by Gasteiger charge is -2.30. The van der Waals surface area contributed by atoms with E-state index in [9.17, 15) is 4.79 Å². The highest BCUT2D eigenvalue weighted by Gasteiger charge is 2.19. The number of carbonyl (C=O) groups is 1. The van der Waals surface area contributed by atoms with Gasteiger partial charge in [-0.2, -0.15) is 4.98 Å². The summed E-state index contributed by atoms with van der Waals surface area (Å²) in [6.07, 6.45) is 3.71. The molecule has 1 aliphatic rings. The van der Waals surface area contributed by atoms with Gasteiger partial charge in [-0.3, -0.25) is 0 Å². The van der Waals surface area contributed by atoms with E-state index in [2.05, 4.69) is 22.1 Å². The molecule has 6 heteroatoms. The second kappa shape index (κ2) is 7.28. The van der Waals surface area contributed by atoms with Gasteiger partial charge in [0.15, 0.2) is 5.69 Å². The maximum atomic E-state index is 11.5. The smallest absolute Gasteiger partial charge is 0.360 e. The fourth-order valence-corrected chi connectivity index (χ4v) is 2.39. The van der Waals surface area contributed by atoms with Crippen LogP contribution < -0.4 is 5.32 Å². The van der Waals surface area contributed by atoms with E-state index in [1.807, 2.05) is 0 Å².